The molecule has 134 valence electrons. The van der Waals surface area contributed by atoms with E-state index in [-0.39, 0.29) is 11.9 Å². The Labute approximate surface area is 154 Å². The monoisotopic (exact) mass is 369 g/mol. The minimum atomic E-state index is -0.169. The number of thiophene rings is 1. The van der Waals surface area contributed by atoms with Crippen LogP contribution >= 0.6 is 11.3 Å². The first-order valence-corrected chi connectivity index (χ1v) is 9.12. The Balaban J connectivity index is 1.46. The molecule has 0 radical (unpaired) electrons. The van der Waals surface area contributed by atoms with Crippen molar-refractivity contribution in [3.8, 4) is 0 Å². The van der Waals surface area contributed by atoms with Crippen LogP contribution in [0.4, 0.5) is 11.6 Å². The highest BCUT2D eigenvalue weighted by Crippen LogP contribution is 2.34. The molecule has 4 rings (SSSR count). The fourth-order valence-electron chi connectivity index (χ4n) is 2.94. The molecule has 9 heteroatoms. The molecule has 0 unspecified atom stereocenters. The molecular formula is C17H19N7OS. The fourth-order valence-corrected chi connectivity index (χ4v) is 3.95. The van der Waals surface area contributed by atoms with Gasteiger partial charge in [-0.25, -0.2) is 9.97 Å². The van der Waals surface area contributed by atoms with E-state index in [1.807, 2.05) is 25.7 Å². The zero-order valence-electron chi connectivity index (χ0n) is 14.8. The molecule has 0 aliphatic carbocycles. The third kappa shape index (κ3) is 2.74. The van der Waals surface area contributed by atoms with Gasteiger partial charge in [0, 0.05) is 30.9 Å². The number of aromatic nitrogens is 4. The van der Waals surface area contributed by atoms with E-state index in [4.69, 9.17) is 5.73 Å². The van der Waals surface area contributed by atoms with Gasteiger partial charge in [0.2, 0.25) is 5.95 Å². The molecule has 26 heavy (non-hydrogen) atoms. The number of fused-ring (bicyclic) bond motifs is 1. The Hall–Kier alpha value is -2.81. The molecule has 3 aromatic heterocycles. The third-order valence-corrected chi connectivity index (χ3v) is 5.70. The lowest BCUT2D eigenvalue weighted by molar-refractivity contribution is 0.0935. The molecule has 1 aliphatic heterocycles. The van der Waals surface area contributed by atoms with Crippen LogP contribution in [0, 0.1) is 20.8 Å². The van der Waals surface area contributed by atoms with Crippen molar-refractivity contribution in [1.29, 1.82) is 0 Å². The molecular weight excluding hydrogens is 350 g/mol. The zero-order chi connectivity index (χ0) is 18.4. The number of anilines is 2. The molecule has 1 aliphatic rings. The van der Waals surface area contributed by atoms with Crippen LogP contribution in [0.15, 0.2) is 12.4 Å². The predicted octanol–water partition coefficient (Wildman–Crippen LogP) is 1.61. The van der Waals surface area contributed by atoms with E-state index in [9.17, 15) is 4.79 Å². The van der Waals surface area contributed by atoms with Crippen molar-refractivity contribution in [3.63, 3.8) is 0 Å². The normalized spacial score (nSPS) is 14.5. The Morgan fingerprint density at radius 1 is 1.23 bits per heavy atom. The maximum absolute atomic E-state index is 12.6. The summed E-state index contributed by atoms with van der Waals surface area (Å²) in [6.45, 7) is 7.14. The van der Waals surface area contributed by atoms with E-state index < -0.39 is 0 Å². The number of carbonyl (C=O) groups excluding carboxylic acids is 1. The van der Waals surface area contributed by atoms with Gasteiger partial charge in [0.1, 0.15) is 9.71 Å². The molecule has 8 nitrogen and oxygen atoms in total. The van der Waals surface area contributed by atoms with E-state index >= 15 is 0 Å². The number of rotatable bonds is 3. The van der Waals surface area contributed by atoms with Crippen LogP contribution in [-0.4, -0.2) is 45.2 Å². The van der Waals surface area contributed by atoms with E-state index in [1.165, 1.54) is 11.3 Å². The molecule has 0 spiro atoms. The molecule has 3 aromatic rings. The summed E-state index contributed by atoms with van der Waals surface area (Å²) in [7, 11) is 0. The number of aryl methyl sites for hydroxylation is 3. The number of nitrogens with one attached hydrogen (secondary N) is 1. The van der Waals surface area contributed by atoms with Crippen LogP contribution < -0.4 is 16.0 Å². The topological polar surface area (TPSA) is 110 Å². The highest BCUT2D eigenvalue weighted by atomic mass is 32.1. The first-order chi connectivity index (χ1) is 12.4. The molecule has 0 atom stereocenters. The lowest BCUT2D eigenvalue weighted by atomic mass is 10.1. The van der Waals surface area contributed by atoms with E-state index in [0.29, 0.717) is 34.4 Å². The molecule has 1 fully saturated rings. The molecule has 3 N–H and O–H groups in total. The first-order valence-electron chi connectivity index (χ1n) is 8.30. The Morgan fingerprint density at radius 2 is 1.92 bits per heavy atom. The molecule has 4 heterocycles. The summed E-state index contributed by atoms with van der Waals surface area (Å²) in [5, 5.41) is 12.1. The van der Waals surface area contributed by atoms with E-state index in [1.54, 1.807) is 12.4 Å². The highest BCUT2D eigenvalue weighted by Gasteiger charge is 2.31. The van der Waals surface area contributed by atoms with Gasteiger partial charge in [-0.2, -0.15) is 5.10 Å². The van der Waals surface area contributed by atoms with Crippen LogP contribution in [0.1, 0.15) is 26.5 Å². The van der Waals surface area contributed by atoms with Gasteiger partial charge in [-0.3, -0.25) is 4.79 Å². The number of hydrogen-bond acceptors (Lipinski definition) is 8. The smallest absolute Gasteiger partial charge is 0.263 e. The molecule has 0 bridgehead atoms. The molecule has 0 saturated carbocycles. The van der Waals surface area contributed by atoms with Crippen LogP contribution in [0.25, 0.3) is 10.2 Å². The Bertz CT molecular complexity index is 993. The first kappa shape index (κ1) is 16.6. The standard InChI is InChI=1S/C17H19N7OS/c1-8-4-19-17(20-5-8)24-6-11(7-24)21-15(25)14-13(18)12-9(2)10(3)22-23-16(12)26-14/h4-5,11H,6-7,18H2,1-3H3,(H,21,25). The summed E-state index contributed by atoms with van der Waals surface area (Å²) in [6, 6.07) is 0.0472. The average molecular weight is 369 g/mol. The van der Waals surface area contributed by atoms with Crippen molar-refractivity contribution in [2.45, 2.75) is 26.8 Å². The van der Waals surface area contributed by atoms with Crippen LogP contribution in [0.5, 0.6) is 0 Å². The highest BCUT2D eigenvalue weighted by molar-refractivity contribution is 7.21. The molecule has 1 saturated heterocycles. The van der Waals surface area contributed by atoms with Crippen molar-refractivity contribution in [3.05, 3.63) is 34.1 Å². The number of amides is 1. The predicted molar refractivity (Wildman–Crippen MR) is 102 cm³/mol. The number of nitrogens with two attached hydrogens (primary N) is 1. The quantitative estimate of drug-likeness (QED) is 0.721. The van der Waals surface area contributed by atoms with Gasteiger partial charge in [-0.05, 0) is 31.9 Å². The molecule has 1 amide bonds. The summed E-state index contributed by atoms with van der Waals surface area (Å²) in [4.78, 5) is 24.5. The summed E-state index contributed by atoms with van der Waals surface area (Å²) in [5.74, 6) is 0.515. The second kappa shape index (κ2) is 6.17. The lowest BCUT2D eigenvalue weighted by Gasteiger charge is -2.39. The van der Waals surface area contributed by atoms with Crippen LogP contribution in [0.2, 0.25) is 0 Å². The number of nitrogen functional groups attached to an aromatic ring is 1. The van der Waals surface area contributed by atoms with Gasteiger partial charge in [0.05, 0.1) is 17.4 Å². The minimum absolute atomic E-state index is 0.0472. The second-order valence-corrected chi connectivity index (χ2v) is 7.57. The SMILES string of the molecule is Cc1cnc(N2CC(NC(=O)c3sc4nnc(C)c(C)c4c3N)C2)nc1. The van der Waals surface area contributed by atoms with Crippen molar-refractivity contribution in [2.24, 2.45) is 0 Å². The number of carbonyl (C=O) groups is 1. The largest absolute Gasteiger partial charge is 0.397 e. The van der Waals surface area contributed by atoms with Gasteiger partial charge in [0.15, 0.2) is 0 Å². The minimum Gasteiger partial charge on any atom is -0.397 e. The Kier molecular flexibility index (Phi) is 3.95. The van der Waals surface area contributed by atoms with Crippen LogP contribution in [-0.2, 0) is 0 Å². The summed E-state index contributed by atoms with van der Waals surface area (Å²) in [5.41, 5.74) is 9.52. The Morgan fingerprint density at radius 3 is 2.62 bits per heavy atom. The number of nitrogens with zero attached hydrogens (tertiary/aromatic N) is 5. The van der Waals surface area contributed by atoms with Crippen molar-refractivity contribution in [2.75, 3.05) is 23.7 Å². The van der Waals surface area contributed by atoms with Crippen molar-refractivity contribution >= 4 is 39.1 Å². The summed E-state index contributed by atoms with van der Waals surface area (Å²) < 4.78 is 0. The summed E-state index contributed by atoms with van der Waals surface area (Å²) >= 11 is 1.28. The van der Waals surface area contributed by atoms with Gasteiger partial charge in [-0.15, -0.1) is 16.4 Å². The maximum Gasteiger partial charge on any atom is 0.263 e. The maximum atomic E-state index is 12.6. The van der Waals surface area contributed by atoms with Gasteiger partial charge in [0.25, 0.3) is 5.91 Å². The van der Waals surface area contributed by atoms with Gasteiger partial charge in [-0.1, -0.05) is 0 Å². The molecule has 0 aromatic carbocycles. The van der Waals surface area contributed by atoms with E-state index in [0.717, 1.165) is 22.2 Å². The fraction of sp³-hybridized carbons (Fsp3) is 0.353. The zero-order valence-corrected chi connectivity index (χ0v) is 15.6. The van der Waals surface area contributed by atoms with Gasteiger partial charge >= 0.3 is 0 Å². The van der Waals surface area contributed by atoms with Gasteiger partial charge < -0.3 is 16.0 Å². The van der Waals surface area contributed by atoms with Crippen molar-refractivity contribution in [1.82, 2.24) is 25.5 Å². The number of hydrogen-bond donors (Lipinski definition) is 2. The second-order valence-electron chi connectivity index (χ2n) is 6.57. The lowest BCUT2D eigenvalue weighted by Crippen LogP contribution is -2.59. The summed E-state index contributed by atoms with van der Waals surface area (Å²) in [6.07, 6.45) is 3.58. The third-order valence-electron chi connectivity index (χ3n) is 4.61. The van der Waals surface area contributed by atoms with Crippen LogP contribution in [0.3, 0.4) is 0 Å². The van der Waals surface area contributed by atoms with E-state index in [2.05, 4.69) is 25.5 Å². The average Bonchev–Trinajstić information content (AvgIpc) is 2.92. The van der Waals surface area contributed by atoms with Crippen molar-refractivity contribution < 1.29 is 4.79 Å².